The first-order valence-electron chi connectivity index (χ1n) is 9.34. The van der Waals surface area contributed by atoms with Crippen LogP contribution in [0, 0.1) is 12.3 Å². The Hall–Kier alpha value is -3.63. The van der Waals surface area contributed by atoms with E-state index in [1.54, 1.807) is 24.4 Å². The number of hydrogen-bond acceptors (Lipinski definition) is 6. The van der Waals surface area contributed by atoms with E-state index in [9.17, 15) is 4.79 Å². The molecule has 1 heterocycles. The predicted molar refractivity (Wildman–Crippen MR) is 119 cm³/mol. The van der Waals surface area contributed by atoms with E-state index < -0.39 is 0 Å². The van der Waals surface area contributed by atoms with Crippen molar-refractivity contribution in [2.24, 2.45) is 5.10 Å². The van der Waals surface area contributed by atoms with Gasteiger partial charge in [0.05, 0.1) is 24.9 Å². The third kappa shape index (κ3) is 5.93. The summed E-state index contributed by atoms with van der Waals surface area (Å²) in [5, 5.41) is 6.70. The fourth-order valence-corrected chi connectivity index (χ4v) is 3.40. The quantitative estimate of drug-likeness (QED) is 0.324. The molecule has 1 amide bonds. The molecule has 0 aliphatic rings. The zero-order chi connectivity index (χ0) is 21.2. The number of ether oxygens (including phenoxy) is 2. The van der Waals surface area contributed by atoms with Gasteiger partial charge in [-0.05, 0) is 30.7 Å². The molecule has 0 aliphatic heterocycles. The Bertz CT molecular complexity index is 1060. The monoisotopic (exact) mass is 419 g/mol. The number of amides is 1. The third-order valence-corrected chi connectivity index (χ3v) is 4.76. The summed E-state index contributed by atoms with van der Waals surface area (Å²) in [6.07, 6.45) is 6.94. The summed E-state index contributed by atoms with van der Waals surface area (Å²) in [7, 11) is 0. The smallest absolute Gasteiger partial charge is 0.246 e. The topological polar surface area (TPSA) is 72.8 Å². The van der Waals surface area contributed by atoms with E-state index in [2.05, 4.69) is 21.4 Å². The molecule has 0 aliphatic carbocycles. The fraction of sp³-hybridized carbons (Fsp3) is 0.174. The minimum absolute atomic E-state index is 0.159. The fourth-order valence-electron chi connectivity index (χ4n) is 2.60. The maximum Gasteiger partial charge on any atom is 0.246 e. The van der Waals surface area contributed by atoms with Crippen molar-refractivity contribution in [1.29, 1.82) is 0 Å². The van der Waals surface area contributed by atoms with Crippen LogP contribution in [0.1, 0.15) is 17.5 Å². The molecule has 2 aromatic carbocycles. The molecule has 1 aromatic heterocycles. The first-order chi connectivity index (χ1) is 14.7. The van der Waals surface area contributed by atoms with Gasteiger partial charge in [-0.1, -0.05) is 36.3 Å². The minimum atomic E-state index is -0.237. The number of terminal acetylenes is 1. The van der Waals surface area contributed by atoms with Crippen molar-refractivity contribution in [1.82, 2.24) is 10.4 Å². The molecule has 7 heteroatoms. The summed E-state index contributed by atoms with van der Waals surface area (Å²) in [5.74, 6) is 3.32. The van der Waals surface area contributed by atoms with E-state index >= 15 is 0 Å². The van der Waals surface area contributed by atoms with Gasteiger partial charge in [-0.3, -0.25) is 4.79 Å². The molecule has 0 spiro atoms. The highest BCUT2D eigenvalue weighted by molar-refractivity contribution is 7.10. The van der Waals surface area contributed by atoms with Crippen LogP contribution in [0.25, 0.3) is 11.3 Å². The Labute approximate surface area is 179 Å². The lowest BCUT2D eigenvalue weighted by atomic mass is 10.2. The Balaban J connectivity index is 1.57. The van der Waals surface area contributed by atoms with Gasteiger partial charge < -0.3 is 9.47 Å². The summed E-state index contributed by atoms with van der Waals surface area (Å²) < 4.78 is 11.0. The normalized spacial score (nSPS) is 10.5. The number of carbonyl (C=O) groups is 1. The largest absolute Gasteiger partial charge is 0.490 e. The van der Waals surface area contributed by atoms with E-state index in [0.717, 1.165) is 21.8 Å². The van der Waals surface area contributed by atoms with Crippen LogP contribution < -0.4 is 14.9 Å². The van der Waals surface area contributed by atoms with Gasteiger partial charge in [0, 0.05) is 10.9 Å². The first kappa shape index (κ1) is 21.1. The Kier molecular flexibility index (Phi) is 7.58. The predicted octanol–water partition coefficient (Wildman–Crippen LogP) is 3.91. The highest BCUT2D eigenvalue weighted by Crippen LogP contribution is 2.28. The van der Waals surface area contributed by atoms with Crippen LogP contribution in [-0.2, 0) is 11.2 Å². The molecule has 0 fully saturated rings. The summed E-state index contributed by atoms with van der Waals surface area (Å²) in [6, 6.07) is 15.2. The number of nitrogens with zero attached hydrogens (tertiary/aromatic N) is 2. The molecule has 30 heavy (non-hydrogen) atoms. The van der Waals surface area contributed by atoms with Crippen LogP contribution in [0.5, 0.6) is 11.5 Å². The zero-order valence-corrected chi connectivity index (χ0v) is 17.3. The summed E-state index contributed by atoms with van der Waals surface area (Å²) >= 11 is 1.45. The second-order valence-electron chi connectivity index (χ2n) is 6.09. The van der Waals surface area contributed by atoms with Crippen LogP contribution in [0.3, 0.4) is 0 Å². The highest BCUT2D eigenvalue weighted by atomic mass is 32.1. The van der Waals surface area contributed by atoms with Crippen molar-refractivity contribution in [3.8, 4) is 35.1 Å². The lowest BCUT2D eigenvalue weighted by molar-refractivity contribution is -0.120. The SMILES string of the molecule is C#CCOc1ccc(/C=N\NC(=O)Cc2nc(-c3ccccc3)cs2)cc1OCC. The van der Waals surface area contributed by atoms with Crippen LogP contribution in [0.4, 0.5) is 0 Å². The Morgan fingerprint density at radius 2 is 2.07 bits per heavy atom. The molecule has 0 saturated heterocycles. The zero-order valence-electron chi connectivity index (χ0n) is 16.5. The maximum absolute atomic E-state index is 12.2. The van der Waals surface area contributed by atoms with Crippen molar-refractivity contribution in [3.63, 3.8) is 0 Å². The van der Waals surface area contributed by atoms with Crippen molar-refractivity contribution in [3.05, 3.63) is 64.5 Å². The Morgan fingerprint density at radius 3 is 2.83 bits per heavy atom. The average molecular weight is 420 g/mol. The van der Waals surface area contributed by atoms with Crippen molar-refractivity contribution in [2.75, 3.05) is 13.2 Å². The van der Waals surface area contributed by atoms with E-state index in [0.29, 0.717) is 18.1 Å². The summed E-state index contributed by atoms with van der Waals surface area (Å²) in [5.41, 5.74) is 5.17. The minimum Gasteiger partial charge on any atom is -0.490 e. The summed E-state index contributed by atoms with van der Waals surface area (Å²) in [6.45, 7) is 2.53. The van der Waals surface area contributed by atoms with Gasteiger partial charge >= 0.3 is 0 Å². The number of nitrogens with one attached hydrogen (secondary N) is 1. The first-order valence-corrected chi connectivity index (χ1v) is 10.2. The molecular weight excluding hydrogens is 398 g/mol. The van der Waals surface area contributed by atoms with Gasteiger partial charge in [-0.25, -0.2) is 10.4 Å². The lowest BCUT2D eigenvalue weighted by Gasteiger charge is -2.10. The van der Waals surface area contributed by atoms with E-state index in [-0.39, 0.29) is 18.9 Å². The van der Waals surface area contributed by atoms with Gasteiger partial charge in [-0.2, -0.15) is 5.10 Å². The van der Waals surface area contributed by atoms with Gasteiger partial charge in [0.2, 0.25) is 5.91 Å². The van der Waals surface area contributed by atoms with Crippen molar-refractivity contribution < 1.29 is 14.3 Å². The molecule has 0 saturated carbocycles. The molecular formula is C23H21N3O3S. The number of benzene rings is 2. The number of aromatic nitrogens is 1. The molecule has 6 nitrogen and oxygen atoms in total. The molecule has 0 bridgehead atoms. The molecule has 152 valence electrons. The number of hydrazone groups is 1. The maximum atomic E-state index is 12.2. The van der Waals surface area contributed by atoms with Crippen molar-refractivity contribution in [2.45, 2.75) is 13.3 Å². The second-order valence-corrected chi connectivity index (χ2v) is 7.04. The molecule has 3 aromatic rings. The number of carbonyl (C=O) groups excluding carboxylic acids is 1. The lowest BCUT2D eigenvalue weighted by Crippen LogP contribution is -2.19. The summed E-state index contributed by atoms with van der Waals surface area (Å²) in [4.78, 5) is 16.7. The number of rotatable bonds is 9. The molecule has 0 atom stereocenters. The van der Waals surface area contributed by atoms with Crippen LogP contribution in [-0.4, -0.2) is 30.3 Å². The number of hydrogen-bond donors (Lipinski definition) is 1. The number of thiazole rings is 1. The van der Waals surface area contributed by atoms with Crippen LogP contribution in [0.2, 0.25) is 0 Å². The van der Waals surface area contributed by atoms with Gasteiger partial charge in [0.1, 0.15) is 11.6 Å². The molecule has 0 unspecified atom stereocenters. The average Bonchev–Trinajstić information content (AvgIpc) is 3.22. The molecule has 0 radical (unpaired) electrons. The highest BCUT2D eigenvalue weighted by Gasteiger charge is 2.09. The van der Waals surface area contributed by atoms with Crippen LogP contribution >= 0.6 is 11.3 Å². The standard InChI is InChI=1S/C23H21N3O3S/c1-3-12-29-20-11-10-17(13-21(20)28-4-2)15-24-26-22(27)14-23-25-19(16-30-23)18-8-6-5-7-9-18/h1,5-11,13,15-16H,4,12,14H2,2H3,(H,26,27)/b24-15-. The van der Waals surface area contributed by atoms with E-state index in [1.165, 1.54) is 11.3 Å². The molecule has 1 N–H and O–H groups in total. The van der Waals surface area contributed by atoms with Gasteiger partial charge in [0.25, 0.3) is 0 Å². The molecule has 3 rings (SSSR count). The second kappa shape index (κ2) is 10.8. The van der Waals surface area contributed by atoms with Crippen LogP contribution in [0.15, 0.2) is 59.0 Å². The van der Waals surface area contributed by atoms with Crippen molar-refractivity contribution >= 4 is 23.5 Å². The van der Waals surface area contributed by atoms with Gasteiger partial charge in [-0.15, -0.1) is 17.8 Å². The van der Waals surface area contributed by atoms with Gasteiger partial charge in [0.15, 0.2) is 11.5 Å². The van der Waals surface area contributed by atoms with E-state index in [4.69, 9.17) is 15.9 Å². The third-order valence-electron chi connectivity index (χ3n) is 3.91. The Morgan fingerprint density at radius 1 is 1.23 bits per heavy atom. The van der Waals surface area contributed by atoms with E-state index in [1.807, 2.05) is 42.6 Å².